The normalized spacial score (nSPS) is 14.9. The van der Waals surface area contributed by atoms with Gasteiger partial charge in [0.2, 0.25) is 0 Å². The Bertz CT molecular complexity index is 939. The van der Waals surface area contributed by atoms with Gasteiger partial charge >= 0.3 is 5.97 Å². The second-order valence-electron chi connectivity index (χ2n) is 7.53. The Morgan fingerprint density at radius 3 is 2.65 bits per heavy atom. The number of piperidine rings is 1. The lowest BCUT2D eigenvalue weighted by Crippen LogP contribution is -2.27. The number of thiophene rings is 1. The van der Waals surface area contributed by atoms with Crippen molar-refractivity contribution in [2.45, 2.75) is 49.7 Å². The molecule has 2 N–H and O–H groups in total. The number of para-hydroxylation sites is 1. The maximum absolute atomic E-state index is 12.8. The quantitative estimate of drug-likeness (QED) is 0.289. The highest BCUT2D eigenvalue weighted by atomic mass is 32.2. The van der Waals surface area contributed by atoms with Crippen molar-refractivity contribution >= 4 is 33.0 Å². The molecule has 0 atom stereocenters. The van der Waals surface area contributed by atoms with Crippen LogP contribution in [0.3, 0.4) is 0 Å². The Morgan fingerprint density at radius 2 is 1.94 bits per heavy atom. The van der Waals surface area contributed by atoms with E-state index in [-0.39, 0.29) is 22.1 Å². The summed E-state index contributed by atoms with van der Waals surface area (Å²) in [6.07, 6.45) is 5.74. The molecule has 7 nitrogen and oxygen atoms in total. The first kappa shape index (κ1) is 23.6. The van der Waals surface area contributed by atoms with Gasteiger partial charge in [-0.2, -0.15) is 0 Å². The summed E-state index contributed by atoms with van der Waals surface area (Å²) in [5, 5.41) is 5.07. The molecule has 0 radical (unpaired) electrons. The molecule has 31 heavy (non-hydrogen) atoms. The van der Waals surface area contributed by atoms with Gasteiger partial charge in [0.05, 0.1) is 6.61 Å². The fraction of sp³-hybridized carbons (Fsp3) is 0.500. The van der Waals surface area contributed by atoms with Crippen molar-refractivity contribution in [1.82, 2.24) is 5.32 Å². The number of unbranched alkanes of at least 4 members (excludes halogenated alkanes) is 1. The van der Waals surface area contributed by atoms with Crippen molar-refractivity contribution in [3.63, 3.8) is 0 Å². The number of ether oxygens (including phenoxy) is 2. The molecule has 2 aromatic rings. The fourth-order valence-electron chi connectivity index (χ4n) is 3.50. The fourth-order valence-corrected chi connectivity index (χ4v) is 5.58. The molecule has 0 spiro atoms. The molecule has 1 fully saturated rings. The van der Waals surface area contributed by atoms with E-state index in [1.165, 1.54) is 25.3 Å². The first-order chi connectivity index (χ1) is 15.0. The second-order valence-corrected chi connectivity index (χ2v) is 10.4. The van der Waals surface area contributed by atoms with E-state index in [1.807, 2.05) is 0 Å². The third kappa shape index (κ3) is 6.95. The number of hydrogen-bond donors (Lipinski definition) is 2. The van der Waals surface area contributed by atoms with Gasteiger partial charge in [-0.15, -0.1) is 11.3 Å². The lowest BCUT2D eigenvalue weighted by Gasteiger charge is -2.22. The number of carbonyl (C=O) groups is 1. The van der Waals surface area contributed by atoms with Gasteiger partial charge in [0.15, 0.2) is 5.75 Å². The Balaban J connectivity index is 1.68. The maximum Gasteiger partial charge on any atom is 0.310 e. The van der Waals surface area contributed by atoms with Crippen LogP contribution in [-0.2, 0) is 14.8 Å². The molecule has 170 valence electrons. The number of nitrogens with one attached hydrogen (secondary N) is 2. The molecule has 1 aromatic heterocycles. The van der Waals surface area contributed by atoms with Gasteiger partial charge in [0.25, 0.3) is 10.0 Å². The van der Waals surface area contributed by atoms with Crippen molar-refractivity contribution in [3.8, 4) is 11.5 Å². The highest BCUT2D eigenvalue weighted by Crippen LogP contribution is 2.37. The van der Waals surface area contributed by atoms with Crippen LogP contribution in [0.2, 0.25) is 0 Å². The van der Waals surface area contributed by atoms with Crippen LogP contribution in [0.25, 0.3) is 0 Å². The molecular formula is C22H30N2O5S2. The summed E-state index contributed by atoms with van der Waals surface area (Å²) in [6.45, 7) is 4.33. The van der Waals surface area contributed by atoms with Crippen molar-refractivity contribution in [2.24, 2.45) is 5.92 Å². The molecule has 0 bridgehead atoms. The van der Waals surface area contributed by atoms with Gasteiger partial charge in [-0.3, -0.25) is 9.52 Å². The minimum atomic E-state index is -3.82. The largest absolute Gasteiger partial charge is 0.491 e. The first-order valence-electron chi connectivity index (χ1n) is 10.7. The minimum absolute atomic E-state index is 0.138. The van der Waals surface area contributed by atoms with E-state index in [4.69, 9.17) is 9.47 Å². The minimum Gasteiger partial charge on any atom is -0.491 e. The summed E-state index contributed by atoms with van der Waals surface area (Å²) in [7, 11) is -3.82. The van der Waals surface area contributed by atoms with Gasteiger partial charge in [0, 0.05) is 6.42 Å². The summed E-state index contributed by atoms with van der Waals surface area (Å²) in [5.74, 6) is 0.810. The molecule has 0 amide bonds. The van der Waals surface area contributed by atoms with E-state index >= 15 is 0 Å². The third-order valence-electron chi connectivity index (χ3n) is 5.22. The lowest BCUT2D eigenvalue weighted by molar-refractivity contribution is -0.133. The average molecular weight is 467 g/mol. The van der Waals surface area contributed by atoms with Crippen LogP contribution >= 0.6 is 11.3 Å². The lowest BCUT2D eigenvalue weighted by atomic mass is 9.93. The van der Waals surface area contributed by atoms with Crippen molar-refractivity contribution < 1.29 is 22.7 Å². The van der Waals surface area contributed by atoms with Crippen LogP contribution in [-0.4, -0.2) is 34.1 Å². The zero-order chi connectivity index (χ0) is 22.1. The smallest absolute Gasteiger partial charge is 0.310 e. The maximum atomic E-state index is 12.8. The van der Waals surface area contributed by atoms with Crippen LogP contribution in [0.4, 0.5) is 5.69 Å². The highest BCUT2D eigenvalue weighted by molar-refractivity contribution is 7.94. The summed E-state index contributed by atoms with van der Waals surface area (Å²) >= 11 is 1.11. The van der Waals surface area contributed by atoms with E-state index < -0.39 is 16.0 Å². The van der Waals surface area contributed by atoms with E-state index in [9.17, 15) is 13.2 Å². The molecule has 0 unspecified atom stereocenters. The summed E-state index contributed by atoms with van der Waals surface area (Å²) in [5.41, 5.74) is 0.149. The van der Waals surface area contributed by atoms with E-state index in [0.717, 1.165) is 43.2 Å². The molecule has 0 saturated carbocycles. The zero-order valence-corrected chi connectivity index (χ0v) is 19.4. The SMILES string of the molecule is CCC(=O)Oc1cccc(OCCCCC2CCNCC2)c1NS(=O)(=O)c1cccs1. The van der Waals surface area contributed by atoms with Crippen molar-refractivity contribution in [3.05, 3.63) is 35.7 Å². The summed E-state index contributed by atoms with van der Waals surface area (Å²) in [6, 6.07) is 8.12. The Labute approximate surface area is 188 Å². The van der Waals surface area contributed by atoms with Crippen LogP contribution < -0.4 is 19.5 Å². The summed E-state index contributed by atoms with van der Waals surface area (Å²) < 4.78 is 39.6. The third-order valence-corrected chi connectivity index (χ3v) is 7.97. The van der Waals surface area contributed by atoms with Crippen molar-refractivity contribution in [1.29, 1.82) is 0 Å². The number of esters is 1. The van der Waals surface area contributed by atoms with Gasteiger partial charge in [-0.25, -0.2) is 8.42 Å². The molecule has 0 aliphatic carbocycles. The molecular weight excluding hydrogens is 436 g/mol. The second kappa shape index (κ2) is 11.5. The molecule has 3 rings (SSSR count). The monoisotopic (exact) mass is 466 g/mol. The van der Waals surface area contributed by atoms with Crippen molar-refractivity contribution in [2.75, 3.05) is 24.4 Å². The van der Waals surface area contributed by atoms with E-state index in [2.05, 4.69) is 10.0 Å². The molecule has 1 aliphatic rings. The van der Waals surface area contributed by atoms with Gasteiger partial charge in [0.1, 0.15) is 15.6 Å². The van der Waals surface area contributed by atoms with Gasteiger partial charge in [-0.05, 0) is 68.3 Å². The van der Waals surface area contributed by atoms with Crippen LogP contribution in [0, 0.1) is 5.92 Å². The predicted molar refractivity (Wildman–Crippen MR) is 122 cm³/mol. The molecule has 1 aliphatic heterocycles. The van der Waals surface area contributed by atoms with Gasteiger partial charge < -0.3 is 14.8 Å². The molecule has 2 heterocycles. The number of benzene rings is 1. The number of sulfonamides is 1. The highest BCUT2D eigenvalue weighted by Gasteiger charge is 2.22. The summed E-state index contributed by atoms with van der Waals surface area (Å²) in [4.78, 5) is 11.8. The standard InChI is InChI=1S/C22H30N2O5S2/c1-2-20(25)29-19-9-5-8-18(22(19)24-31(26,27)21-10-6-16-30-21)28-15-4-3-7-17-11-13-23-14-12-17/h5-6,8-10,16-17,23-24H,2-4,7,11-15H2,1H3. The molecule has 1 saturated heterocycles. The van der Waals surface area contributed by atoms with E-state index in [1.54, 1.807) is 36.6 Å². The zero-order valence-electron chi connectivity index (χ0n) is 17.8. The Kier molecular flexibility index (Phi) is 8.74. The number of carbonyl (C=O) groups excluding carboxylic acids is 1. The van der Waals surface area contributed by atoms with Crippen LogP contribution in [0.15, 0.2) is 39.9 Å². The molecule has 9 heteroatoms. The number of anilines is 1. The topological polar surface area (TPSA) is 93.7 Å². The van der Waals surface area contributed by atoms with Gasteiger partial charge in [-0.1, -0.05) is 25.5 Å². The Hall–Kier alpha value is -2.10. The predicted octanol–water partition coefficient (Wildman–Crippen LogP) is 4.41. The van der Waals surface area contributed by atoms with Crippen LogP contribution in [0.5, 0.6) is 11.5 Å². The number of rotatable bonds is 11. The number of hydrogen-bond acceptors (Lipinski definition) is 7. The van der Waals surface area contributed by atoms with E-state index in [0.29, 0.717) is 12.4 Å². The Morgan fingerprint density at radius 1 is 1.16 bits per heavy atom. The first-order valence-corrected chi connectivity index (χ1v) is 13.1. The molecule has 1 aromatic carbocycles. The average Bonchev–Trinajstić information content (AvgIpc) is 3.32. The van der Waals surface area contributed by atoms with Crippen LogP contribution in [0.1, 0.15) is 45.4 Å².